The Hall–Kier alpha value is -3.53. The molecule has 4 rings (SSSR count). The maximum absolute atomic E-state index is 12.5. The highest BCUT2D eigenvalue weighted by molar-refractivity contribution is 7.09. The van der Waals surface area contributed by atoms with Crippen molar-refractivity contribution in [3.05, 3.63) is 75.1 Å². The number of hydrogen-bond acceptors (Lipinski definition) is 8. The molecule has 3 aromatic rings. The lowest BCUT2D eigenvalue weighted by molar-refractivity contribution is -0.385. The molecule has 178 valence electrons. The number of ether oxygens (including phenoxy) is 1. The first-order chi connectivity index (χ1) is 16.4. The first-order valence-corrected chi connectivity index (χ1v) is 11.9. The lowest BCUT2D eigenvalue weighted by Gasteiger charge is -2.31. The number of benzene rings is 2. The fraction of sp³-hybridized carbons (Fsp3) is 0.375. The number of nitro groups is 1. The minimum Gasteiger partial charge on any atom is -0.497 e. The maximum Gasteiger partial charge on any atom is 0.273 e. The molecule has 0 saturated carbocycles. The number of nitrogens with zero attached hydrogens (tertiary/aromatic N) is 4. The second-order valence-electron chi connectivity index (χ2n) is 8.42. The van der Waals surface area contributed by atoms with Gasteiger partial charge in [0.2, 0.25) is 5.13 Å². The molecule has 1 aliphatic rings. The Kier molecular flexibility index (Phi) is 7.36. The summed E-state index contributed by atoms with van der Waals surface area (Å²) in [5.74, 6) is 1.69. The predicted molar refractivity (Wildman–Crippen MR) is 131 cm³/mol. The Morgan fingerprint density at radius 3 is 2.79 bits per heavy atom. The lowest BCUT2D eigenvalue weighted by Crippen LogP contribution is -2.38. The second-order valence-corrected chi connectivity index (χ2v) is 9.15. The quantitative estimate of drug-likeness (QED) is 0.382. The number of nitro benzene ring substituents is 1. The number of anilines is 1. The zero-order valence-corrected chi connectivity index (χ0v) is 20.0. The summed E-state index contributed by atoms with van der Waals surface area (Å²) >= 11 is 1.42. The molecule has 2 heterocycles. The zero-order valence-electron chi connectivity index (χ0n) is 19.2. The standard InChI is InChI=1S/C24H27N5O4S/c1-16-6-7-19(14-21(16)29(31)32)23(30)25-15-17-8-10-28(11-9-17)24-26-22(27-34-24)13-18-4-3-5-20(12-18)33-2/h3-7,12,14,17H,8-11,13,15H2,1-2H3,(H,25,30). The summed E-state index contributed by atoms with van der Waals surface area (Å²) in [6.07, 6.45) is 2.52. The number of amides is 1. The lowest BCUT2D eigenvalue weighted by atomic mass is 9.97. The molecule has 2 aromatic carbocycles. The van der Waals surface area contributed by atoms with Crippen molar-refractivity contribution in [1.82, 2.24) is 14.7 Å². The van der Waals surface area contributed by atoms with Crippen molar-refractivity contribution in [2.45, 2.75) is 26.2 Å². The molecule has 1 aliphatic heterocycles. The number of rotatable bonds is 8. The van der Waals surface area contributed by atoms with E-state index in [0.717, 1.165) is 48.2 Å². The topological polar surface area (TPSA) is 110 Å². The second kappa shape index (κ2) is 10.6. The first kappa shape index (κ1) is 23.6. The van der Waals surface area contributed by atoms with E-state index in [1.165, 1.54) is 17.6 Å². The number of piperidine rings is 1. The summed E-state index contributed by atoms with van der Waals surface area (Å²) < 4.78 is 9.81. The van der Waals surface area contributed by atoms with E-state index in [2.05, 4.69) is 14.6 Å². The van der Waals surface area contributed by atoms with E-state index in [1.807, 2.05) is 24.3 Å². The fourth-order valence-corrected chi connectivity index (χ4v) is 4.76. The van der Waals surface area contributed by atoms with Gasteiger partial charge in [0.05, 0.1) is 12.0 Å². The van der Waals surface area contributed by atoms with Crippen molar-refractivity contribution in [2.75, 3.05) is 31.6 Å². The van der Waals surface area contributed by atoms with Crippen LogP contribution in [0.4, 0.5) is 10.8 Å². The minimum atomic E-state index is -0.461. The molecule has 0 aliphatic carbocycles. The van der Waals surface area contributed by atoms with E-state index in [1.54, 1.807) is 26.2 Å². The third-order valence-electron chi connectivity index (χ3n) is 6.06. The van der Waals surface area contributed by atoms with Gasteiger partial charge < -0.3 is 15.0 Å². The molecule has 0 spiro atoms. The Bertz CT molecular complexity index is 1170. The molecule has 1 fully saturated rings. The van der Waals surface area contributed by atoms with Crippen LogP contribution >= 0.6 is 11.5 Å². The Balaban J connectivity index is 1.26. The first-order valence-electron chi connectivity index (χ1n) is 11.2. The summed E-state index contributed by atoms with van der Waals surface area (Å²) in [5, 5.41) is 15.0. The smallest absolute Gasteiger partial charge is 0.273 e. The van der Waals surface area contributed by atoms with Crippen molar-refractivity contribution in [3.63, 3.8) is 0 Å². The van der Waals surface area contributed by atoms with E-state index in [4.69, 9.17) is 9.72 Å². The molecule has 9 nitrogen and oxygen atoms in total. The van der Waals surface area contributed by atoms with Crippen LogP contribution in [0.3, 0.4) is 0 Å². The maximum atomic E-state index is 12.5. The highest BCUT2D eigenvalue weighted by atomic mass is 32.1. The molecular weight excluding hydrogens is 454 g/mol. The molecule has 34 heavy (non-hydrogen) atoms. The average Bonchev–Trinajstić information content (AvgIpc) is 3.31. The highest BCUT2D eigenvalue weighted by Gasteiger charge is 2.23. The van der Waals surface area contributed by atoms with Crippen LogP contribution in [0.15, 0.2) is 42.5 Å². The normalized spacial score (nSPS) is 14.1. The van der Waals surface area contributed by atoms with Gasteiger partial charge in [-0.05, 0) is 49.4 Å². The highest BCUT2D eigenvalue weighted by Crippen LogP contribution is 2.26. The van der Waals surface area contributed by atoms with Crippen molar-refractivity contribution in [1.29, 1.82) is 0 Å². The number of nitrogens with one attached hydrogen (secondary N) is 1. The average molecular weight is 482 g/mol. The summed E-state index contributed by atoms with van der Waals surface area (Å²) in [7, 11) is 1.65. The number of carbonyl (C=O) groups is 1. The van der Waals surface area contributed by atoms with Crippen LogP contribution in [-0.2, 0) is 6.42 Å². The van der Waals surface area contributed by atoms with Gasteiger partial charge in [0.15, 0.2) is 0 Å². The van der Waals surface area contributed by atoms with Crippen LogP contribution in [0.25, 0.3) is 0 Å². The van der Waals surface area contributed by atoms with Gasteiger partial charge in [-0.25, -0.2) is 4.98 Å². The molecule has 10 heteroatoms. The molecular formula is C24H27N5O4S. The van der Waals surface area contributed by atoms with Gasteiger partial charge in [-0.3, -0.25) is 14.9 Å². The van der Waals surface area contributed by atoms with E-state index < -0.39 is 4.92 Å². The van der Waals surface area contributed by atoms with Gasteiger partial charge in [-0.15, -0.1) is 0 Å². The molecule has 1 N–H and O–H groups in total. The van der Waals surface area contributed by atoms with Crippen molar-refractivity contribution < 1.29 is 14.5 Å². The van der Waals surface area contributed by atoms with Gasteiger partial charge in [-0.2, -0.15) is 4.37 Å². The Labute approximate surface area is 202 Å². The van der Waals surface area contributed by atoms with Crippen LogP contribution in [0.1, 0.15) is 40.2 Å². The minimum absolute atomic E-state index is 0.0382. The van der Waals surface area contributed by atoms with Gasteiger partial charge >= 0.3 is 0 Å². The van der Waals surface area contributed by atoms with Gasteiger partial charge in [0, 0.05) is 54.8 Å². The Morgan fingerprint density at radius 1 is 1.26 bits per heavy atom. The third-order valence-corrected chi connectivity index (χ3v) is 6.87. The fourth-order valence-electron chi connectivity index (χ4n) is 4.02. The number of aromatic nitrogens is 2. The van der Waals surface area contributed by atoms with Crippen LogP contribution < -0.4 is 15.0 Å². The van der Waals surface area contributed by atoms with Crippen LogP contribution in [0.5, 0.6) is 5.75 Å². The molecule has 0 bridgehead atoms. The largest absolute Gasteiger partial charge is 0.497 e. The van der Waals surface area contributed by atoms with Crippen molar-refractivity contribution in [2.24, 2.45) is 5.92 Å². The molecule has 0 radical (unpaired) electrons. The summed E-state index contributed by atoms with van der Waals surface area (Å²) in [6.45, 7) is 3.91. The van der Waals surface area contributed by atoms with E-state index in [9.17, 15) is 14.9 Å². The molecule has 0 unspecified atom stereocenters. The Morgan fingerprint density at radius 2 is 2.06 bits per heavy atom. The number of carbonyl (C=O) groups excluding carboxylic acids is 1. The molecule has 1 amide bonds. The molecule has 0 atom stereocenters. The van der Waals surface area contributed by atoms with E-state index in [0.29, 0.717) is 30.0 Å². The van der Waals surface area contributed by atoms with Crippen molar-refractivity contribution in [3.8, 4) is 5.75 Å². The summed E-state index contributed by atoms with van der Waals surface area (Å²) in [5.41, 5.74) is 1.92. The van der Waals surface area contributed by atoms with E-state index >= 15 is 0 Å². The third kappa shape index (κ3) is 5.69. The number of hydrogen-bond donors (Lipinski definition) is 1. The van der Waals surface area contributed by atoms with Crippen molar-refractivity contribution >= 4 is 28.3 Å². The van der Waals surface area contributed by atoms with Gasteiger partial charge in [0.1, 0.15) is 11.6 Å². The van der Waals surface area contributed by atoms with Crippen LogP contribution in [0, 0.1) is 23.0 Å². The van der Waals surface area contributed by atoms with E-state index in [-0.39, 0.29) is 11.6 Å². The van der Waals surface area contributed by atoms with Crippen LogP contribution in [-0.4, -0.2) is 46.9 Å². The van der Waals surface area contributed by atoms with Crippen LogP contribution in [0.2, 0.25) is 0 Å². The summed E-state index contributed by atoms with van der Waals surface area (Å²) in [4.78, 5) is 30.1. The van der Waals surface area contributed by atoms with Gasteiger partial charge in [-0.1, -0.05) is 18.2 Å². The summed E-state index contributed by atoms with van der Waals surface area (Å²) in [6, 6.07) is 12.5. The van der Waals surface area contributed by atoms with Gasteiger partial charge in [0.25, 0.3) is 11.6 Å². The number of aryl methyl sites for hydroxylation is 1. The molecule has 1 aromatic heterocycles. The zero-order chi connectivity index (χ0) is 24.1. The SMILES string of the molecule is COc1cccc(Cc2nsc(N3CCC(CNC(=O)c4ccc(C)c([N+](=O)[O-])c4)CC3)n2)c1. The predicted octanol–water partition coefficient (Wildman–Crippen LogP) is 4.00. The number of methoxy groups -OCH3 is 1. The molecule has 1 saturated heterocycles. The monoisotopic (exact) mass is 481 g/mol.